The summed E-state index contributed by atoms with van der Waals surface area (Å²) in [4.78, 5) is 23.6. The Morgan fingerprint density at radius 3 is 2.46 bits per heavy atom. The molecule has 0 spiro atoms. The van der Waals surface area contributed by atoms with E-state index >= 15 is 0 Å². The first-order chi connectivity index (χ1) is 12.4. The SMILES string of the molecule is CC(=O)Nc1cccc(-c2cc(Cl)c(=O)n(Cc3ccc(Cl)cc3)c2)c1. The Labute approximate surface area is 161 Å². The largest absolute Gasteiger partial charge is 0.326 e. The summed E-state index contributed by atoms with van der Waals surface area (Å²) in [6.07, 6.45) is 1.76. The van der Waals surface area contributed by atoms with Crippen LogP contribution in [-0.2, 0) is 11.3 Å². The number of amides is 1. The molecule has 3 rings (SSSR count). The third-order valence-electron chi connectivity index (χ3n) is 3.82. The van der Waals surface area contributed by atoms with Gasteiger partial charge in [0, 0.05) is 23.8 Å². The number of rotatable bonds is 4. The molecule has 4 nitrogen and oxygen atoms in total. The van der Waals surface area contributed by atoms with E-state index in [9.17, 15) is 9.59 Å². The van der Waals surface area contributed by atoms with Crippen molar-refractivity contribution in [3.8, 4) is 11.1 Å². The molecule has 0 fully saturated rings. The van der Waals surface area contributed by atoms with E-state index in [1.165, 1.54) is 6.92 Å². The minimum atomic E-state index is -0.261. The molecule has 0 bridgehead atoms. The number of halogens is 2. The fourth-order valence-electron chi connectivity index (χ4n) is 2.64. The van der Waals surface area contributed by atoms with Crippen LogP contribution in [0.5, 0.6) is 0 Å². The van der Waals surface area contributed by atoms with Crippen LogP contribution in [0, 0.1) is 0 Å². The van der Waals surface area contributed by atoms with Crippen molar-refractivity contribution < 1.29 is 4.79 Å². The second-order valence-corrected chi connectivity index (χ2v) is 6.74. The molecule has 1 N–H and O–H groups in total. The van der Waals surface area contributed by atoms with Gasteiger partial charge < -0.3 is 9.88 Å². The lowest BCUT2D eigenvalue weighted by molar-refractivity contribution is -0.114. The Bertz CT molecular complexity index is 1010. The minimum absolute atomic E-state index is 0.140. The van der Waals surface area contributed by atoms with Gasteiger partial charge in [0.15, 0.2) is 0 Å². The van der Waals surface area contributed by atoms with E-state index in [0.29, 0.717) is 17.3 Å². The molecule has 1 amide bonds. The van der Waals surface area contributed by atoms with Crippen molar-refractivity contribution in [2.45, 2.75) is 13.5 Å². The van der Waals surface area contributed by atoms with E-state index < -0.39 is 0 Å². The fraction of sp³-hybridized carbons (Fsp3) is 0.100. The van der Waals surface area contributed by atoms with Crippen LogP contribution in [0.3, 0.4) is 0 Å². The lowest BCUT2D eigenvalue weighted by Gasteiger charge is -2.11. The summed E-state index contributed by atoms with van der Waals surface area (Å²) in [5.74, 6) is -0.145. The maximum atomic E-state index is 12.4. The molecule has 0 aliphatic rings. The minimum Gasteiger partial charge on any atom is -0.326 e. The topological polar surface area (TPSA) is 51.1 Å². The Morgan fingerprint density at radius 1 is 1.04 bits per heavy atom. The van der Waals surface area contributed by atoms with Gasteiger partial charge in [-0.15, -0.1) is 0 Å². The average molecular weight is 387 g/mol. The van der Waals surface area contributed by atoms with Gasteiger partial charge in [-0.1, -0.05) is 47.5 Å². The molecule has 6 heteroatoms. The molecule has 0 radical (unpaired) electrons. The quantitative estimate of drug-likeness (QED) is 0.697. The standard InChI is InChI=1S/C20H16Cl2N2O2/c1-13(25)23-18-4-2-3-15(9-18)16-10-19(22)20(26)24(12-16)11-14-5-7-17(21)8-6-14/h2-10,12H,11H2,1H3,(H,23,25). The lowest BCUT2D eigenvalue weighted by Crippen LogP contribution is -2.20. The van der Waals surface area contributed by atoms with E-state index in [1.807, 2.05) is 30.3 Å². The molecule has 0 saturated heterocycles. The molecular weight excluding hydrogens is 371 g/mol. The smallest absolute Gasteiger partial charge is 0.269 e. The van der Waals surface area contributed by atoms with Gasteiger partial charge in [-0.3, -0.25) is 9.59 Å². The van der Waals surface area contributed by atoms with Crippen molar-refractivity contribution in [1.29, 1.82) is 0 Å². The molecule has 26 heavy (non-hydrogen) atoms. The van der Waals surface area contributed by atoms with Gasteiger partial charge in [-0.2, -0.15) is 0 Å². The molecule has 132 valence electrons. The zero-order chi connectivity index (χ0) is 18.7. The first-order valence-electron chi connectivity index (χ1n) is 7.95. The summed E-state index contributed by atoms with van der Waals surface area (Å²) >= 11 is 12.1. The number of benzene rings is 2. The highest BCUT2D eigenvalue weighted by Crippen LogP contribution is 2.24. The number of aromatic nitrogens is 1. The van der Waals surface area contributed by atoms with Crippen LogP contribution in [0.2, 0.25) is 10.0 Å². The van der Waals surface area contributed by atoms with E-state index in [1.54, 1.807) is 35.0 Å². The van der Waals surface area contributed by atoms with Gasteiger partial charge >= 0.3 is 0 Å². The van der Waals surface area contributed by atoms with Gasteiger partial charge in [-0.05, 0) is 47.0 Å². The van der Waals surface area contributed by atoms with Gasteiger partial charge in [0.25, 0.3) is 5.56 Å². The molecule has 0 aliphatic heterocycles. The van der Waals surface area contributed by atoms with Gasteiger partial charge in [-0.25, -0.2) is 0 Å². The number of nitrogens with one attached hydrogen (secondary N) is 1. The number of carbonyl (C=O) groups is 1. The monoisotopic (exact) mass is 386 g/mol. The summed E-state index contributed by atoms with van der Waals surface area (Å²) in [6.45, 7) is 1.84. The second kappa shape index (κ2) is 7.77. The normalized spacial score (nSPS) is 10.6. The van der Waals surface area contributed by atoms with Crippen molar-refractivity contribution in [1.82, 2.24) is 4.57 Å². The van der Waals surface area contributed by atoms with E-state index in [-0.39, 0.29) is 16.5 Å². The van der Waals surface area contributed by atoms with Crippen LogP contribution in [0.4, 0.5) is 5.69 Å². The number of hydrogen-bond acceptors (Lipinski definition) is 2. The van der Waals surface area contributed by atoms with Crippen molar-refractivity contribution in [2.75, 3.05) is 5.32 Å². The second-order valence-electron chi connectivity index (χ2n) is 5.90. The predicted octanol–water partition coefficient (Wildman–Crippen LogP) is 4.83. The van der Waals surface area contributed by atoms with Gasteiger partial charge in [0.1, 0.15) is 5.02 Å². The number of pyridine rings is 1. The highest BCUT2D eigenvalue weighted by Gasteiger charge is 2.08. The maximum absolute atomic E-state index is 12.4. The number of nitrogens with zero attached hydrogens (tertiary/aromatic N) is 1. The molecule has 0 aliphatic carbocycles. The maximum Gasteiger partial charge on any atom is 0.269 e. The number of hydrogen-bond donors (Lipinski definition) is 1. The van der Waals surface area contributed by atoms with E-state index in [0.717, 1.165) is 16.7 Å². The zero-order valence-corrected chi connectivity index (χ0v) is 15.5. The Hall–Kier alpha value is -2.56. The Balaban J connectivity index is 1.99. The van der Waals surface area contributed by atoms with Crippen molar-refractivity contribution in [3.63, 3.8) is 0 Å². The molecular formula is C20H16Cl2N2O2. The van der Waals surface area contributed by atoms with Crippen LogP contribution in [-0.4, -0.2) is 10.5 Å². The first kappa shape index (κ1) is 18.2. The number of carbonyl (C=O) groups excluding carboxylic acids is 1. The highest BCUT2D eigenvalue weighted by atomic mass is 35.5. The van der Waals surface area contributed by atoms with Crippen LogP contribution in [0.25, 0.3) is 11.1 Å². The predicted molar refractivity (Wildman–Crippen MR) is 106 cm³/mol. The highest BCUT2D eigenvalue weighted by molar-refractivity contribution is 6.30. The summed E-state index contributed by atoms with van der Waals surface area (Å²) < 4.78 is 1.56. The molecule has 3 aromatic rings. The molecule has 2 aromatic carbocycles. The molecule has 0 unspecified atom stereocenters. The van der Waals surface area contributed by atoms with Crippen LogP contribution in [0.1, 0.15) is 12.5 Å². The third-order valence-corrected chi connectivity index (χ3v) is 4.35. The summed E-state index contributed by atoms with van der Waals surface area (Å²) in [6, 6.07) is 16.3. The van der Waals surface area contributed by atoms with E-state index in [2.05, 4.69) is 5.32 Å². The summed E-state index contributed by atoms with van der Waals surface area (Å²) in [5.41, 5.74) is 3.00. The first-order valence-corrected chi connectivity index (χ1v) is 8.70. The van der Waals surface area contributed by atoms with Crippen molar-refractivity contribution in [2.24, 2.45) is 0 Å². The van der Waals surface area contributed by atoms with E-state index in [4.69, 9.17) is 23.2 Å². The Morgan fingerprint density at radius 2 is 1.77 bits per heavy atom. The lowest BCUT2D eigenvalue weighted by atomic mass is 10.1. The summed E-state index contributed by atoms with van der Waals surface area (Å²) in [5, 5.41) is 3.53. The third kappa shape index (κ3) is 4.34. The van der Waals surface area contributed by atoms with Crippen LogP contribution >= 0.6 is 23.2 Å². The fourth-order valence-corrected chi connectivity index (χ4v) is 2.99. The molecule has 0 atom stereocenters. The molecule has 0 saturated carbocycles. The zero-order valence-electron chi connectivity index (χ0n) is 14.0. The van der Waals surface area contributed by atoms with Crippen molar-refractivity contribution in [3.05, 3.63) is 86.8 Å². The average Bonchev–Trinajstić information content (AvgIpc) is 2.60. The van der Waals surface area contributed by atoms with Crippen LogP contribution in [0.15, 0.2) is 65.6 Å². The van der Waals surface area contributed by atoms with Crippen molar-refractivity contribution >= 4 is 34.8 Å². The van der Waals surface area contributed by atoms with Gasteiger partial charge in [0.05, 0.1) is 6.54 Å². The molecule has 1 aromatic heterocycles. The summed E-state index contributed by atoms with van der Waals surface area (Å²) in [7, 11) is 0. The Kier molecular flexibility index (Phi) is 5.45. The number of anilines is 1. The van der Waals surface area contributed by atoms with Crippen LogP contribution < -0.4 is 10.9 Å². The molecule has 1 heterocycles. The van der Waals surface area contributed by atoms with Gasteiger partial charge in [0.2, 0.25) is 5.91 Å².